The summed E-state index contributed by atoms with van der Waals surface area (Å²) in [5, 5.41) is 2.93. The summed E-state index contributed by atoms with van der Waals surface area (Å²) in [6.45, 7) is 2.30. The van der Waals surface area contributed by atoms with Gasteiger partial charge in [0.25, 0.3) is 0 Å². The Morgan fingerprint density at radius 2 is 1.86 bits per heavy atom. The van der Waals surface area contributed by atoms with Crippen LogP contribution < -0.4 is 11.1 Å². The van der Waals surface area contributed by atoms with Gasteiger partial charge in [-0.3, -0.25) is 9.59 Å². The molecule has 0 unspecified atom stereocenters. The first-order valence-corrected chi connectivity index (χ1v) is 7.93. The van der Waals surface area contributed by atoms with Gasteiger partial charge >= 0.3 is 0 Å². The number of hydrogen-bond acceptors (Lipinski definition) is 4. The molecule has 0 spiro atoms. The molecule has 1 aliphatic heterocycles. The molecule has 0 atom stereocenters. The molecule has 1 fully saturated rings. The summed E-state index contributed by atoms with van der Waals surface area (Å²) in [6.07, 6.45) is 6.46. The van der Waals surface area contributed by atoms with Crippen molar-refractivity contribution in [2.24, 2.45) is 5.73 Å². The predicted molar refractivity (Wildman–Crippen MR) is 81.8 cm³/mol. The maximum atomic E-state index is 12.1. The van der Waals surface area contributed by atoms with E-state index in [2.05, 4.69) is 5.32 Å². The van der Waals surface area contributed by atoms with Crippen LogP contribution in [-0.2, 0) is 14.3 Å². The van der Waals surface area contributed by atoms with E-state index in [-0.39, 0.29) is 24.5 Å². The van der Waals surface area contributed by atoms with E-state index in [1.165, 1.54) is 7.11 Å². The third-order valence-electron chi connectivity index (χ3n) is 3.83. The summed E-state index contributed by atoms with van der Waals surface area (Å²) >= 11 is 0. The number of carbonyl (C=O) groups excluding carboxylic acids is 2. The third kappa shape index (κ3) is 7.43. The molecule has 1 aliphatic rings. The Hall–Kier alpha value is -1.14. The van der Waals surface area contributed by atoms with Crippen molar-refractivity contribution in [1.82, 2.24) is 10.2 Å². The van der Waals surface area contributed by atoms with E-state index in [0.717, 1.165) is 58.2 Å². The predicted octanol–water partition coefficient (Wildman–Crippen LogP) is 0.649. The number of ether oxygens (including phenoxy) is 1. The highest BCUT2D eigenvalue weighted by molar-refractivity contribution is 5.78. The number of unbranched alkanes of at least 4 members (excludes halogenated alkanes) is 3. The van der Waals surface area contributed by atoms with Crippen LogP contribution in [0.4, 0.5) is 0 Å². The van der Waals surface area contributed by atoms with Gasteiger partial charge in [0.05, 0.1) is 0 Å². The molecule has 0 aromatic rings. The lowest BCUT2D eigenvalue weighted by molar-refractivity contribution is -0.132. The van der Waals surface area contributed by atoms with Crippen LogP contribution in [0, 0.1) is 0 Å². The van der Waals surface area contributed by atoms with Crippen molar-refractivity contribution >= 4 is 11.8 Å². The van der Waals surface area contributed by atoms with E-state index in [1.54, 1.807) is 0 Å². The smallest absolute Gasteiger partial charge is 0.246 e. The van der Waals surface area contributed by atoms with E-state index >= 15 is 0 Å². The van der Waals surface area contributed by atoms with Crippen molar-refractivity contribution in [2.45, 2.75) is 51.0 Å². The van der Waals surface area contributed by atoms with Crippen LogP contribution in [0.5, 0.6) is 0 Å². The molecule has 122 valence electrons. The van der Waals surface area contributed by atoms with Crippen LogP contribution in [0.3, 0.4) is 0 Å². The number of piperidine rings is 1. The molecular formula is C15H29N3O3. The van der Waals surface area contributed by atoms with Crippen LogP contribution in [0.2, 0.25) is 0 Å². The Morgan fingerprint density at radius 1 is 1.19 bits per heavy atom. The SMILES string of the molecule is COCC(=O)NC1CCN(C(=O)CCCCCCN)CC1. The number of hydrogen-bond donors (Lipinski definition) is 2. The van der Waals surface area contributed by atoms with Crippen LogP contribution in [0.25, 0.3) is 0 Å². The number of likely N-dealkylation sites (tertiary alicyclic amines) is 1. The van der Waals surface area contributed by atoms with Gasteiger partial charge in [0.15, 0.2) is 0 Å². The third-order valence-corrected chi connectivity index (χ3v) is 3.83. The first kappa shape index (κ1) is 17.9. The van der Waals surface area contributed by atoms with Gasteiger partial charge in [0.2, 0.25) is 11.8 Å². The van der Waals surface area contributed by atoms with E-state index in [9.17, 15) is 9.59 Å². The first-order chi connectivity index (χ1) is 10.2. The fourth-order valence-corrected chi connectivity index (χ4v) is 2.61. The van der Waals surface area contributed by atoms with Gasteiger partial charge in [0, 0.05) is 32.7 Å². The van der Waals surface area contributed by atoms with E-state index < -0.39 is 0 Å². The van der Waals surface area contributed by atoms with Gasteiger partial charge < -0.3 is 20.7 Å². The second-order valence-electron chi connectivity index (χ2n) is 5.61. The second kappa shape index (κ2) is 10.6. The van der Waals surface area contributed by atoms with Gasteiger partial charge in [-0.1, -0.05) is 12.8 Å². The summed E-state index contributed by atoms with van der Waals surface area (Å²) in [7, 11) is 1.51. The fourth-order valence-electron chi connectivity index (χ4n) is 2.61. The molecule has 6 nitrogen and oxygen atoms in total. The Labute approximate surface area is 127 Å². The molecule has 6 heteroatoms. The van der Waals surface area contributed by atoms with Crippen LogP contribution in [0.1, 0.15) is 44.9 Å². The molecule has 0 aromatic heterocycles. The Balaban J connectivity index is 2.14. The zero-order valence-electron chi connectivity index (χ0n) is 13.1. The molecule has 1 rings (SSSR count). The standard InChI is InChI=1S/C15H29N3O3/c1-21-12-14(19)17-13-7-10-18(11-8-13)15(20)6-4-2-3-5-9-16/h13H,2-12,16H2,1H3,(H,17,19). The van der Waals surface area contributed by atoms with Gasteiger partial charge in [-0.05, 0) is 32.2 Å². The quantitative estimate of drug-likeness (QED) is 0.612. The Kier molecular flexibility index (Phi) is 9.01. The molecule has 1 saturated heterocycles. The lowest BCUT2D eigenvalue weighted by Crippen LogP contribution is -2.47. The van der Waals surface area contributed by atoms with Crippen LogP contribution in [0.15, 0.2) is 0 Å². The summed E-state index contributed by atoms with van der Waals surface area (Å²) in [6, 6.07) is 0.168. The highest BCUT2D eigenvalue weighted by Gasteiger charge is 2.23. The number of nitrogens with zero attached hydrogens (tertiary/aromatic N) is 1. The number of carbonyl (C=O) groups is 2. The average Bonchev–Trinajstić information content (AvgIpc) is 2.48. The summed E-state index contributed by atoms with van der Waals surface area (Å²) in [5.41, 5.74) is 5.44. The Morgan fingerprint density at radius 3 is 2.48 bits per heavy atom. The first-order valence-electron chi connectivity index (χ1n) is 7.93. The van der Waals surface area contributed by atoms with Gasteiger partial charge in [-0.2, -0.15) is 0 Å². The minimum atomic E-state index is -0.0813. The number of amides is 2. The molecule has 0 radical (unpaired) electrons. The van der Waals surface area contributed by atoms with Crippen molar-refractivity contribution in [3.05, 3.63) is 0 Å². The topological polar surface area (TPSA) is 84.7 Å². The van der Waals surface area contributed by atoms with Crippen LogP contribution in [-0.4, -0.2) is 56.1 Å². The summed E-state index contributed by atoms with van der Waals surface area (Å²) < 4.78 is 4.79. The minimum absolute atomic E-state index is 0.0813. The highest BCUT2D eigenvalue weighted by Crippen LogP contribution is 2.13. The molecule has 0 saturated carbocycles. The number of nitrogens with one attached hydrogen (secondary N) is 1. The average molecular weight is 299 g/mol. The minimum Gasteiger partial charge on any atom is -0.375 e. The maximum absolute atomic E-state index is 12.1. The van der Waals surface area contributed by atoms with Crippen molar-refractivity contribution in [2.75, 3.05) is 33.4 Å². The molecular weight excluding hydrogens is 270 g/mol. The molecule has 2 amide bonds. The second-order valence-corrected chi connectivity index (χ2v) is 5.61. The monoisotopic (exact) mass is 299 g/mol. The van der Waals surface area contributed by atoms with E-state index in [4.69, 9.17) is 10.5 Å². The van der Waals surface area contributed by atoms with Crippen molar-refractivity contribution in [3.63, 3.8) is 0 Å². The largest absolute Gasteiger partial charge is 0.375 e. The zero-order chi connectivity index (χ0) is 15.5. The van der Waals surface area contributed by atoms with Crippen molar-refractivity contribution in [3.8, 4) is 0 Å². The van der Waals surface area contributed by atoms with Gasteiger partial charge in [-0.25, -0.2) is 0 Å². The lowest BCUT2D eigenvalue weighted by Gasteiger charge is -2.32. The van der Waals surface area contributed by atoms with E-state index in [0.29, 0.717) is 6.42 Å². The molecule has 0 aliphatic carbocycles. The molecule has 3 N–H and O–H groups in total. The summed E-state index contributed by atoms with van der Waals surface area (Å²) in [5.74, 6) is 0.159. The lowest BCUT2D eigenvalue weighted by atomic mass is 10.0. The van der Waals surface area contributed by atoms with Crippen LogP contribution >= 0.6 is 0 Å². The van der Waals surface area contributed by atoms with Crippen molar-refractivity contribution in [1.29, 1.82) is 0 Å². The molecule has 1 heterocycles. The maximum Gasteiger partial charge on any atom is 0.246 e. The Bertz CT molecular complexity index is 315. The number of methoxy groups -OCH3 is 1. The zero-order valence-corrected chi connectivity index (χ0v) is 13.1. The molecule has 21 heavy (non-hydrogen) atoms. The van der Waals surface area contributed by atoms with Gasteiger partial charge in [0.1, 0.15) is 6.61 Å². The number of nitrogens with two attached hydrogens (primary N) is 1. The fraction of sp³-hybridized carbons (Fsp3) is 0.867. The van der Waals surface area contributed by atoms with E-state index in [1.807, 2.05) is 4.90 Å². The normalized spacial score (nSPS) is 16.0. The summed E-state index contributed by atoms with van der Waals surface area (Å²) in [4.78, 5) is 25.4. The molecule has 0 bridgehead atoms. The van der Waals surface area contributed by atoms with Gasteiger partial charge in [-0.15, -0.1) is 0 Å². The van der Waals surface area contributed by atoms with Crippen molar-refractivity contribution < 1.29 is 14.3 Å². The molecule has 0 aromatic carbocycles. The number of rotatable bonds is 9. The highest BCUT2D eigenvalue weighted by atomic mass is 16.5.